The Hall–Kier alpha value is -2.33. The minimum Gasteiger partial charge on any atom is -0.377 e. The van der Waals surface area contributed by atoms with Gasteiger partial charge in [-0.15, -0.1) is 0 Å². The molecule has 1 unspecified atom stereocenters. The first-order valence-corrected chi connectivity index (χ1v) is 9.25. The van der Waals surface area contributed by atoms with E-state index in [1.807, 2.05) is 67.5 Å². The van der Waals surface area contributed by atoms with Gasteiger partial charge in [-0.1, -0.05) is 65.7 Å². The second-order valence-corrected chi connectivity index (χ2v) is 7.32. The smallest absolute Gasteiger partial charge is 0.186 e. The molecule has 5 heteroatoms. The topological polar surface area (TPSA) is 46.3 Å². The lowest BCUT2D eigenvalue weighted by Gasteiger charge is -2.20. The molecule has 0 spiro atoms. The number of ketones is 1. The molecule has 1 atom stereocenters. The van der Waals surface area contributed by atoms with E-state index in [9.17, 15) is 4.79 Å². The maximum absolute atomic E-state index is 13.1. The third kappa shape index (κ3) is 4.16. The monoisotopic (exact) mass is 398 g/mol. The standard InChI is InChI=1S/C22H20Cl2N2O/c1-26(2)20-13-15(14-6-4-3-5-7-14)8-10-17(20)22(27)21(25)16-9-11-18(23)19(24)12-16/h3-13,21H,25H2,1-2H3. The summed E-state index contributed by atoms with van der Waals surface area (Å²) in [5.41, 5.74) is 10.4. The number of benzene rings is 3. The van der Waals surface area contributed by atoms with Crippen LogP contribution in [0.4, 0.5) is 5.69 Å². The van der Waals surface area contributed by atoms with Crippen LogP contribution in [0.1, 0.15) is 22.0 Å². The molecule has 0 heterocycles. The van der Waals surface area contributed by atoms with Gasteiger partial charge in [0.15, 0.2) is 5.78 Å². The van der Waals surface area contributed by atoms with Crippen LogP contribution in [0.15, 0.2) is 66.7 Å². The SMILES string of the molecule is CN(C)c1cc(-c2ccccc2)ccc1C(=O)C(N)c1ccc(Cl)c(Cl)c1. The van der Waals surface area contributed by atoms with Crippen LogP contribution in [0.3, 0.4) is 0 Å². The molecule has 0 saturated carbocycles. The fraction of sp³-hybridized carbons (Fsp3) is 0.136. The lowest BCUT2D eigenvalue weighted by molar-refractivity contribution is 0.0962. The van der Waals surface area contributed by atoms with Crippen molar-refractivity contribution in [3.8, 4) is 11.1 Å². The average molecular weight is 399 g/mol. The van der Waals surface area contributed by atoms with Crippen molar-refractivity contribution in [1.82, 2.24) is 0 Å². The van der Waals surface area contributed by atoms with Gasteiger partial charge in [-0.25, -0.2) is 0 Å². The van der Waals surface area contributed by atoms with E-state index in [0.29, 0.717) is 21.2 Å². The molecule has 0 aromatic heterocycles. The Morgan fingerprint density at radius 2 is 1.59 bits per heavy atom. The minimum atomic E-state index is -0.818. The van der Waals surface area contributed by atoms with Crippen molar-refractivity contribution >= 4 is 34.7 Å². The Morgan fingerprint density at radius 1 is 0.889 bits per heavy atom. The van der Waals surface area contributed by atoms with Crippen molar-refractivity contribution in [2.24, 2.45) is 5.73 Å². The molecule has 0 bridgehead atoms. The molecule has 0 aliphatic rings. The molecule has 27 heavy (non-hydrogen) atoms. The Kier molecular flexibility index (Phi) is 5.85. The third-order valence-corrected chi connectivity index (χ3v) is 5.18. The zero-order chi connectivity index (χ0) is 19.6. The average Bonchev–Trinajstić information content (AvgIpc) is 2.69. The predicted octanol–water partition coefficient (Wildman–Crippen LogP) is 5.61. The van der Waals surface area contributed by atoms with Crippen LogP contribution < -0.4 is 10.6 Å². The van der Waals surface area contributed by atoms with Crippen molar-refractivity contribution in [3.05, 3.63) is 87.9 Å². The van der Waals surface area contributed by atoms with Gasteiger partial charge in [-0.3, -0.25) is 4.79 Å². The Balaban J connectivity index is 1.99. The number of rotatable bonds is 5. The largest absolute Gasteiger partial charge is 0.377 e. The van der Waals surface area contributed by atoms with Gasteiger partial charge in [0.1, 0.15) is 0 Å². The van der Waals surface area contributed by atoms with Crippen molar-refractivity contribution in [3.63, 3.8) is 0 Å². The Labute approximate surface area is 169 Å². The van der Waals surface area contributed by atoms with E-state index in [2.05, 4.69) is 0 Å². The molecule has 2 N–H and O–H groups in total. The summed E-state index contributed by atoms with van der Waals surface area (Å²) in [5.74, 6) is -0.170. The van der Waals surface area contributed by atoms with Crippen molar-refractivity contribution in [2.45, 2.75) is 6.04 Å². The molecule has 0 fully saturated rings. The minimum absolute atomic E-state index is 0.170. The highest BCUT2D eigenvalue weighted by Gasteiger charge is 2.22. The van der Waals surface area contributed by atoms with Crippen LogP contribution in [0, 0.1) is 0 Å². The first-order chi connectivity index (χ1) is 12.9. The molecule has 0 amide bonds. The predicted molar refractivity (Wildman–Crippen MR) is 114 cm³/mol. The first kappa shape index (κ1) is 19.4. The highest BCUT2D eigenvalue weighted by atomic mass is 35.5. The molecule has 0 saturated heterocycles. The van der Waals surface area contributed by atoms with Gasteiger partial charge in [-0.05, 0) is 41.0 Å². The zero-order valence-electron chi connectivity index (χ0n) is 15.1. The molecule has 0 aliphatic heterocycles. The number of hydrogen-bond acceptors (Lipinski definition) is 3. The molecule has 3 rings (SSSR count). The fourth-order valence-corrected chi connectivity index (χ4v) is 3.25. The van der Waals surface area contributed by atoms with E-state index in [-0.39, 0.29) is 5.78 Å². The first-order valence-electron chi connectivity index (χ1n) is 8.50. The van der Waals surface area contributed by atoms with Crippen LogP contribution in [-0.4, -0.2) is 19.9 Å². The van der Waals surface area contributed by atoms with Crippen LogP contribution in [0.5, 0.6) is 0 Å². The van der Waals surface area contributed by atoms with E-state index in [4.69, 9.17) is 28.9 Å². The number of anilines is 1. The Morgan fingerprint density at radius 3 is 2.22 bits per heavy atom. The maximum Gasteiger partial charge on any atom is 0.186 e. The highest BCUT2D eigenvalue weighted by Crippen LogP contribution is 2.31. The van der Waals surface area contributed by atoms with Gasteiger partial charge in [0.25, 0.3) is 0 Å². The quantitative estimate of drug-likeness (QED) is 0.568. The van der Waals surface area contributed by atoms with Gasteiger partial charge in [-0.2, -0.15) is 0 Å². The van der Waals surface area contributed by atoms with Crippen molar-refractivity contribution < 1.29 is 4.79 Å². The number of carbonyl (C=O) groups excluding carboxylic acids is 1. The van der Waals surface area contributed by atoms with Crippen LogP contribution in [-0.2, 0) is 0 Å². The van der Waals surface area contributed by atoms with E-state index in [0.717, 1.165) is 16.8 Å². The van der Waals surface area contributed by atoms with E-state index < -0.39 is 6.04 Å². The van der Waals surface area contributed by atoms with Crippen LogP contribution >= 0.6 is 23.2 Å². The maximum atomic E-state index is 13.1. The second kappa shape index (κ2) is 8.13. The summed E-state index contributed by atoms with van der Waals surface area (Å²) in [5, 5.41) is 0.811. The molecule has 3 aromatic rings. The summed E-state index contributed by atoms with van der Waals surface area (Å²) in [6.07, 6.45) is 0. The van der Waals surface area contributed by atoms with Gasteiger partial charge in [0, 0.05) is 25.3 Å². The molecule has 0 radical (unpaired) electrons. The summed E-state index contributed by atoms with van der Waals surface area (Å²) >= 11 is 12.0. The fourth-order valence-electron chi connectivity index (χ4n) is 2.94. The normalized spacial score (nSPS) is 11.9. The molecule has 0 aliphatic carbocycles. The number of nitrogens with two attached hydrogens (primary N) is 1. The zero-order valence-corrected chi connectivity index (χ0v) is 16.6. The number of hydrogen-bond donors (Lipinski definition) is 1. The van der Waals surface area contributed by atoms with Crippen molar-refractivity contribution in [2.75, 3.05) is 19.0 Å². The second-order valence-electron chi connectivity index (χ2n) is 6.51. The number of halogens is 2. The lowest BCUT2D eigenvalue weighted by atomic mass is 9.94. The summed E-state index contributed by atoms with van der Waals surface area (Å²) < 4.78 is 0. The van der Waals surface area contributed by atoms with Crippen LogP contribution in [0.25, 0.3) is 11.1 Å². The van der Waals surface area contributed by atoms with Crippen molar-refractivity contribution in [1.29, 1.82) is 0 Å². The van der Waals surface area contributed by atoms with E-state index in [1.165, 1.54) is 0 Å². The molecular formula is C22H20Cl2N2O. The van der Waals surface area contributed by atoms with Gasteiger partial charge in [0.05, 0.1) is 16.1 Å². The number of carbonyl (C=O) groups is 1. The van der Waals surface area contributed by atoms with E-state index in [1.54, 1.807) is 18.2 Å². The van der Waals surface area contributed by atoms with E-state index >= 15 is 0 Å². The molecule has 3 aromatic carbocycles. The van der Waals surface area contributed by atoms with Gasteiger partial charge >= 0.3 is 0 Å². The summed E-state index contributed by atoms with van der Waals surface area (Å²) in [4.78, 5) is 15.0. The Bertz CT molecular complexity index is 971. The molecular weight excluding hydrogens is 379 g/mol. The summed E-state index contributed by atoms with van der Waals surface area (Å²) in [6.45, 7) is 0. The number of nitrogens with zero attached hydrogens (tertiary/aromatic N) is 1. The third-order valence-electron chi connectivity index (χ3n) is 4.44. The number of Topliss-reactive ketones (excluding diaryl/α,β-unsaturated/α-hetero) is 1. The van der Waals surface area contributed by atoms with Gasteiger partial charge < -0.3 is 10.6 Å². The summed E-state index contributed by atoms with van der Waals surface area (Å²) in [6, 6.07) is 20.0. The molecule has 138 valence electrons. The highest BCUT2D eigenvalue weighted by molar-refractivity contribution is 6.42. The molecule has 3 nitrogen and oxygen atoms in total. The lowest BCUT2D eigenvalue weighted by Crippen LogP contribution is -2.24. The van der Waals surface area contributed by atoms with Crippen LogP contribution in [0.2, 0.25) is 10.0 Å². The van der Waals surface area contributed by atoms with Gasteiger partial charge in [0.2, 0.25) is 0 Å². The summed E-state index contributed by atoms with van der Waals surface area (Å²) in [7, 11) is 3.82.